The second-order valence-corrected chi connectivity index (χ2v) is 17.8. The smallest absolute Gasteiger partial charge is 0.0267 e. The van der Waals surface area contributed by atoms with E-state index in [1.807, 2.05) is 107 Å². The quantitative estimate of drug-likeness (QED) is 0.199. The van der Waals surface area contributed by atoms with E-state index in [0.717, 1.165) is 41.4 Å². The molecule has 2 saturated carbocycles. The van der Waals surface area contributed by atoms with Crippen LogP contribution in [0.25, 0.3) is 0 Å². The van der Waals surface area contributed by atoms with Gasteiger partial charge in [0, 0.05) is 12.4 Å². The summed E-state index contributed by atoms with van der Waals surface area (Å²) in [6, 6.07) is 34.1. The van der Waals surface area contributed by atoms with Crippen LogP contribution in [0.2, 0.25) is 0 Å². The average molecular weight is 913 g/mol. The number of benzene rings is 3. The second-order valence-electron chi connectivity index (χ2n) is 17.8. The minimum atomic E-state index is 0.659. The summed E-state index contributed by atoms with van der Waals surface area (Å²) >= 11 is 0. The van der Waals surface area contributed by atoms with E-state index in [1.54, 1.807) is 34.6 Å². The van der Waals surface area contributed by atoms with Gasteiger partial charge in [-0.15, -0.1) is 0 Å². The van der Waals surface area contributed by atoms with Crippen LogP contribution in [0.4, 0.5) is 0 Å². The zero-order valence-corrected chi connectivity index (χ0v) is 48.7. The fourth-order valence-electron chi connectivity index (χ4n) is 7.02. The predicted molar refractivity (Wildman–Crippen MR) is 309 cm³/mol. The Labute approximate surface area is 417 Å². The molecule has 66 heavy (non-hydrogen) atoms. The number of hydrogen-bond acceptors (Lipinski definition) is 1. The maximum atomic E-state index is 3.78. The van der Waals surface area contributed by atoms with Crippen molar-refractivity contribution in [1.29, 1.82) is 0 Å². The minimum Gasteiger partial charge on any atom is -0.265 e. The van der Waals surface area contributed by atoms with Crippen LogP contribution >= 0.6 is 0 Å². The molecule has 0 spiro atoms. The Morgan fingerprint density at radius 1 is 0.364 bits per heavy atom. The third-order valence-corrected chi connectivity index (χ3v) is 10.7. The van der Waals surface area contributed by atoms with Crippen LogP contribution in [0, 0.1) is 29.6 Å². The summed E-state index contributed by atoms with van der Waals surface area (Å²) in [5.74, 6) is 6.75. The number of aryl methyl sites for hydroxylation is 2. The molecule has 1 aromatic heterocycles. The standard InChI is InChI=1S/C13H18.C12H16.C9H12.C7H14.C5H5N.C4H10.C3H6.6C2H6/c1-10(2)12-9-5-7-11-6-3-4-8-13(11)12;1-9(2)11-8-7-10-5-3-4-6-12(10)11;1-8(2)9-6-4-3-5-7-9;1-6(2)7-4-3-5-7;1-2-4-6-5-3-1;1-4(2)3;1-2-3-1;6*1-2/h3-4,6,8,10,12H,5,7,9H2,1-2H3;3-6,9,11H,7-8H2,1-2H3;3-8H,1-2H3;6-7H,3-5H2,1-2H3;1-5H;4H,1-3H3;1-3H2;6*1-2H3. The zero-order chi connectivity index (χ0) is 51.7. The predicted octanol–water partition coefficient (Wildman–Crippen LogP) is 22.5. The Bertz CT molecular complexity index is 1410. The summed E-state index contributed by atoms with van der Waals surface area (Å²) in [6.07, 6.45) is 19.2. The lowest BCUT2D eigenvalue weighted by molar-refractivity contribution is 0.235. The largest absolute Gasteiger partial charge is 0.265 e. The molecule has 1 heteroatoms. The van der Waals surface area contributed by atoms with Gasteiger partial charge in [0.05, 0.1) is 0 Å². The Kier molecular flexibility index (Phi) is 57.4. The van der Waals surface area contributed by atoms with Gasteiger partial charge in [-0.25, -0.2) is 0 Å². The fourth-order valence-corrected chi connectivity index (χ4v) is 7.02. The molecule has 4 aliphatic carbocycles. The van der Waals surface area contributed by atoms with Gasteiger partial charge in [-0.1, -0.05) is 283 Å². The first kappa shape index (κ1) is 71.8. The van der Waals surface area contributed by atoms with Gasteiger partial charge in [0.25, 0.3) is 0 Å². The highest BCUT2D eigenvalue weighted by Gasteiger charge is 2.24. The van der Waals surface area contributed by atoms with Crippen LogP contribution in [0.1, 0.15) is 263 Å². The molecule has 0 N–H and O–H groups in total. The van der Waals surface area contributed by atoms with Crippen LogP contribution < -0.4 is 0 Å². The van der Waals surface area contributed by atoms with Gasteiger partial charge < -0.3 is 0 Å². The van der Waals surface area contributed by atoms with Crippen molar-refractivity contribution in [2.24, 2.45) is 29.6 Å². The Morgan fingerprint density at radius 3 is 1.00 bits per heavy atom. The highest BCUT2D eigenvalue weighted by Crippen LogP contribution is 2.38. The van der Waals surface area contributed by atoms with Crippen molar-refractivity contribution in [3.63, 3.8) is 0 Å². The molecule has 4 aromatic rings. The molecule has 1 nitrogen and oxygen atoms in total. The van der Waals surface area contributed by atoms with Crippen molar-refractivity contribution in [3.05, 3.63) is 137 Å². The number of fused-ring (bicyclic) bond motifs is 2. The van der Waals surface area contributed by atoms with Gasteiger partial charge in [0.15, 0.2) is 0 Å². The number of pyridine rings is 1. The number of aromatic nitrogens is 1. The van der Waals surface area contributed by atoms with Crippen molar-refractivity contribution >= 4 is 0 Å². The number of hydrogen-bond donors (Lipinski definition) is 0. The summed E-state index contributed by atoms with van der Waals surface area (Å²) in [5, 5.41) is 0. The Hall–Kier alpha value is -3.19. The van der Waals surface area contributed by atoms with Crippen molar-refractivity contribution in [3.8, 4) is 0 Å². The normalized spacial score (nSPS) is 14.8. The molecule has 382 valence electrons. The van der Waals surface area contributed by atoms with E-state index < -0.39 is 0 Å². The maximum absolute atomic E-state index is 3.78. The average Bonchev–Trinajstić information content (AvgIpc) is 4.18. The third-order valence-electron chi connectivity index (χ3n) is 10.7. The Morgan fingerprint density at radius 2 is 0.727 bits per heavy atom. The summed E-state index contributed by atoms with van der Waals surface area (Å²) in [4.78, 5) is 3.78. The van der Waals surface area contributed by atoms with Crippen LogP contribution in [-0.2, 0) is 12.8 Å². The Balaban J connectivity index is -0.000000218. The third kappa shape index (κ3) is 38.9. The lowest BCUT2D eigenvalue weighted by Gasteiger charge is -2.28. The highest BCUT2D eigenvalue weighted by molar-refractivity contribution is 5.35. The van der Waals surface area contributed by atoms with Crippen molar-refractivity contribution in [1.82, 2.24) is 4.98 Å². The van der Waals surface area contributed by atoms with Gasteiger partial charge in [-0.2, -0.15) is 0 Å². The molecule has 2 fully saturated rings. The van der Waals surface area contributed by atoms with E-state index in [4.69, 9.17) is 0 Å². The van der Waals surface area contributed by atoms with Gasteiger partial charge >= 0.3 is 0 Å². The first-order valence-corrected chi connectivity index (χ1v) is 28.0. The minimum absolute atomic E-state index is 0.659. The van der Waals surface area contributed by atoms with Crippen LogP contribution in [0.15, 0.2) is 109 Å². The SMILES string of the molecule is C1CC1.CC.CC.CC.CC.CC.CC.CC(C)C.CC(C)C1CCC1.CC(C)C1CCCc2ccccc21.CC(C)C1CCc2ccccc21.CC(C)c1ccccc1.c1ccncc1. The molecule has 0 bridgehead atoms. The summed E-state index contributed by atoms with van der Waals surface area (Å²) in [5.41, 5.74) is 7.80. The second kappa shape index (κ2) is 52.8. The molecule has 4 aliphatic rings. The van der Waals surface area contributed by atoms with E-state index in [1.165, 1.54) is 76.2 Å². The van der Waals surface area contributed by atoms with Gasteiger partial charge in [-0.3, -0.25) is 4.98 Å². The molecule has 3 aromatic carbocycles. The van der Waals surface area contributed by atoms with Crippen LogP contribution in [-0.4, -0.2) is 4.98 Å². The lowest BCUT2D eigenvalue weighted by Crippen LogP contribution is -2.16. The van der Waals surface area contributed by atoms with Crippen LogP contribution in [0.3, 0.4) is 0 Å². The highest BCUT2D eigenvalue weighted by atomic mass is 14.6. The lowest BCUT2D eigenvalue weighted by atomic mass is 9.77. The van der Waals surface area contributed by atoms with Gasteiger partial charge in [0.2, 0.25) is 0 Å². The summed E-state index contributed by atoms with van der Waals surface area (Å²) in [6.45, 7) is 48.9. The van der Waals surface area contributed by atoms with E-state index >= 15 is 0 Å². The zero-order valence-electron chi connectivity index (χ0n) is 48.7. The van der Waals surface area contributed by atoms with Crippen molar-refractivity contribution in [2.45, 2.75) is 248 Å². The first-order chi connectivity index (χ1) is 31.9. The van der Waals surface area contributed by atoms with E-state index in [9.17, 15) is 0 Å². The topological polar surface area (TPSA) is 12.9 Å². The maximum Gasteiger partial charge on any atom is 0.0267 e. The molecule has 2 unspecified atom stereocenters. The van der Waals surface area contributed by atoms with Crippen LogP contribution in [0.5, 0.6) is 0 Å². The molecule has 0 aliphatic heterocycles. The van der Waals surface area contributed by atoms with Crippen molar-refractivity contribution in [2.75, 3.05) is 0 Å². The molecule has 8 rings (SSSR count). The fraction of sp³-hybridized carbons (Fsp3) is 0.646. The van der Waals surface area contributed by atoms with E-state index in [-0.39, 0.29) is 0 Å². The van der Waals surface area contributed by atoms with Gasteiger partial charge in [-0.05, 0) is 119 Å². The molecule has 1 heterocycles. The van der Waals surface area contributed by atoms with Gasteiger partial charge in [0.1, 0.15) is 0 Å². The molecule has 0 saturated heterocycles. The monoisotopic (exact) mass is 912 g/mol. The number of rotatable bonds is 4. The van der Waals surface area contributed by atoms with Crippen molar-refractivity contribution < 1.29 is 0 Å². The summed E-state index contributed by atoms with van der Waals surface area (Å²) in [7, 11) is 0. The molecule has 0 radical (unpaired) electrons. The molecule has 2 atom stereocenters. The summed E-state index contributed by atoms with van der Waals surface area (Å²) < 4.78 is 0. The molecule has 0 amide bonds. The van der Waals surface area contributed by atoms with E-state index in [2.05, 4.69) is 154 Å². The van der Waals surface area contributed by atoms with E-state index in [0.29, 0.717) is 5.92 Å². The first-order valence-electron chi connectivity index (χ1n) is 28.0. The molecular formula is C65H117N. The number of nitrogens with zero attached hydrogens (tertiary/aromatic N) is 1. The molecular weight excluding hydrogens is 795 g/mol.